The van der Waals surface area contributed by atoms with Crippen LogP contribution in [-0.2, 0) is 6.54 Å². The number of nitrogens with one attached hydrogen (secondary N) is 2. The molecule has 0 atom stereocenters. The van der Waals surface area contributed by atoms with Gasteiger partial charge in [0, 0.05) is 37.4 Å². The second kappa shape index (κ2) is 6.92. The Kier molecular flexibility index (Phi) is 4.73. The van der Waals surface area contributed by atoms with Gasteiger partial charge < -0.3 is 15.2 Å². The zero-order valence-electron chi connectivity index (χ0n) is 12.9. The molecule has 2 N–H and O–H groups in total. The lowest BCUT2D eigenvalue weighted by atomic mass is 9.94. The van der Waals surface area contributed by atoms with Crippen molar-refractivity contribution in [2.75, 3.05) is 13.1 Å². The van der Waals surface area contributed by atoms with Crippen LogP contribution in [0, 0.1) is 6.92 Å². The first-order valence-corrected chi connectivity index (χ1v) is 8.20. The van der Waals surface area contributed by atoms with E-state index in [0.29, 0.717) is 5.92 Å². The summed E-state index contributed by atoms with van der Waals surface area (Å²) in [6, 6.07) is 8.42. The average molecular weight is 314 g/mol. The van der Waals surface area contributed by atoms with Crippen LogP contribution >= 0.6 is 12.2 Å². The fourth-order valence-electron chi connectivity index (χ4n) is 2.97. The highest BCUT2D eigenvalue weighted by atomic mass is 32.1. The van der Waals surface area contributed by atoms with Crippen LogP contribution in [0.2, 0.25) is 0 Å². The number of aryl methyl sites for hydroxylation is 1. The van der Waals surface area contributed by atoms with Crippen LogP contribution in [0.3, 0.4) is 0 Å². The summed E-state index contributed by atoms with van der Waals surface area (Å²) < 4.78 is 0. The largest absolute Gasteiger partial charge is 0.358 e. The van der Waals surface area contributed by atoms with Crippen molar-refractivity contribution in [2.24, 2.45) is 0 Å². The predicted octanol–water partition coefficient (Wildman–Crippen LogP) is 2.97. The van der Waals surface area contributed by atoms with E-state index in [-0.39, 0.29) is 0 Å². The topological polar surface area (TPSA) is 44.0 Å². The molecule has 22 heavy (non-hydrogen) atoms. The molecule has 1 aromatic heterocycles. The molecule has 0 spiro atoms. The number of benzene rings is 1. The zero-order chi connectivity index (χ0) is 15.4. The van der Waals surface area contributed by atoms with E-state index in [9.17, 15) is 0 Å². The maximum atomic E-state index is 5.55. The summed E-state index contributed by atoms with van der Waals surface area (Å²) in [4.78, 5) is 9.62. The number of likely N-dealkylation sites (tertiary alicyclic amines) is 1. The second-order valence-electron chi connectivity index (χ2n) is 5.85. The molecule has 3 rings (SSSR count). The molecule has 0 radical (unpaired) electrons. The van der Waals surface area contributed by atoms with Crippen LogP contribution in [0.5, 0.6) is 0 Å². The van der Waals surface area contributed by atoms with Crippen molar-refractivity contribution in [3.63, 3.8) is 0 Å². The van der Waals surface area contributed by atoms with Crippen LogP contribution < -0.4 is 5.32 Å². The number of rotatable bonds is 3. The maximum absolute atomic E-state index is 5.55. The lowest BCUT2D eigenvalue weighted by molar-refractivity contribution is 0.307. The highest BCUT2D eigenvalue weighted by molar-refractivity contribution is 7.80. The number of imidazole rings is 1. The fraction of sp³-hybridized carbons (Fsp3) is 0.412. The van der Waals surface area contributed by atoms with E-state index in [0.717, 1.165) is 37.6 Å². The van der Waals surface area contributed by atoms with Gasteiger partial charge in [0.1, 0.15) is 0 Å². The first-order valence-electron chi connectivity index (χ1n) is 7.79. The SMILES string of the molecule is Cc1ccccc1CNC(=S)N1CCC(c2cnc[nH]2)CC1. The summed E-state index contributed by atoms with van der Waals surface area (Å²) >= 11 is 5.55. The Labute approximate surface area is 136 Å². The van der Waals surface area contributed by atoms with Crippen molar-refractivity contribution in [1.29, 1.82) is 0 Å². The van der Waals surface area contributed by atoms with Crippen LogP contribution in [0.25, 0.3) is 0 Å². The van der Waals surface area contributed by atoms with Crippen LogP contribution in [0.1, 0.15) is 35.6 Å². The number of hydrogen-bond donors (Lipinski definition) is 2. The Hall–Kier alpha value is -1.88. The molecule has 1 saturated heterocycles. The van der Waals surface area contributed by atoms with Gasteiger partial charge in [-0.2, -0.15) is 0 Å². The summed E-state index contributed by atoms with van der Waals surface area (Å²) in [5.74, 6) is 0.581. The van der Waals surface area contributed by atoms with Crippen molar-refractivity contribution in [3.05, 3.63) is 53.6 Å². The fourth-order valence-corrected chi connectivity index (χ4v) is 3.23. The van der Waals surface area contributed by atoms with E-state index in [1.807, 2.05) is 6.20 Å². The molecule has 2 heterocycles. The molecule has 1 aliphatic rings. The normalized spacial score (nSPS) is 15.8. The molecule has 116 valence electrons. The third-order valence-electron chi connectivity index (χ3n) is 4.43. The van der Waals surface area contributed by atoms with Gasteiger partial charge in [-0.3, -0.25) is 0 Å². The average Bonchev–Trinajstić information content (AvgIpc) is 3.08. The van der Waals surface area contributed by atoms with Gasteiger partial charge in [-0.25, -0.2) is 4.98 Å². The lowest BCUT2D eigenvalue weighted by Crippen LogP contribution is -2.43. The highest BCUT2D eigenvalue weighted by Gasteiger charge is 2.22. The van der Waals surface area contributed by atoms with Crippen LogP contribution in [0.4, 0.5) is 0 Å². The lowest BCUT2D eigenvalue weighted by Gasteiger charge is -2.33. The standard InChI is InChI=1S/C17H22N4S/c1-13-4-2-3-5-15(13)10-19-17(22)21-8-6-14(7-9-21)16-11-18-12-20-16/h2-5,11-12,14H,6-10H2,1H3,(H,18,20)(H,19,22). The molecule has 0 aliphatic carbocycles. The van der Waals surface area contributed by atoms with E-state index < -0.39 is 0 Å². The third-order valence-corrected chi connectivity index (χ3v) is 4.84. The molecular weight excluding hydrogens is 292 g/mol. The number of aromatic nitrogens is 2. The molecule has 4 nitrogen and oxygen atoms in total. The third kappa shape index (κ3) is 3.47. The Morgan fingerprint density at radius 2 is 2.14 bits per heavy atom. The van der Waals surface area contributed by atoms with E-state index in [2.05, 4.69) is 51.4 Å². The highest BCUT2D eigenvalue weighted by Crippen LogP contribution is 2.26. The molecule has 1 aromatic carbocycles. The molecule has 0 saturated carbocycles. The number of H-pyrrole nitrogens is 1. The molecule has 1 fully saturated rings. The minimum absolute atomic E-state index is 0.581. The van der Waals surface area contributed by atoms with Crippen molar-refractivity contribution in [3.8, 4) is 0 Å². The Balaban J connectivity index is 1.49. The number of thiocarbonyl (C=S) groups is 1. The first kappa shape index (κ1) is 15.0. The summed E-state index contributed by atoms with van der Waals surface area (Å²) in [5, 5.41) is 4.26. The molecule has 0 amide bonds. The van der Waals surface area contributed by atoms with Crippen molar-refractivity contribution in [2.45, 2.75) is 32.2 Å². The van der Waals surface area contributed by atoms with Crippen LogP contribution in [0.15, 0.2) is 36.8 Å². The Morgan fingerprint density at radius 1 is 1.36 bits per heavy atom. The van der Waals surface area contributed by atoms with Gasteiger partial charge >= 0.3 is 0 Å². The van der Waals surface area contributed by atoms with Gasteiger partial charge in [0.2, 0.25) is 0 Å². The minimum atomic E-state index is 0.581. The second-order valence-corrected chi connectivity index (χ2v) is 6.24. The van der Waals surface area contributed by atoms with Gasteiger partial charge in [-0.05, 0) is 43.1 Å². The van der Waals surface area contributed by atoms with Gasteiger partial charge in [-0.15, -0.1) is 0 Å². The molecule has 0 bridgehead atoms. The molecular formula is C17H22N4S. The maximum Gasteiger partial charge on any atom is 0.169 e. The molecule has 0 unspecified atom stereocenters. The zero-order valence-corrected chi connectivity index (χ0v) is 13.7. The molecule has 5 heteroatoms. The van der Waals surface area contributed by atoms with Crippen molar-refractivity contribution in [1.82, 2.24) is 20.2 Å². The van der Waals surface area contributed by atoms with E-state index in [1.165, 1.54) is 16.8 Å². The van der Waals surface area contributed by atoms with E-state index >= 15 is 0 Å². The van der Waals surface area contributed by atoms with Gasteiger partial charge in [0.25, 0.3) is 0 Å². The number of piperidine rings is 1. The van der Waals surface area contributed by atoms with Gasteiger partial charge in [-0.1, -0.05) is 24.3 Å². The predicted molar refractivity (Wildman–Crippen MR) is 92.8 cm³/mol. The summed E-state index contributed by atoms with van der Waals surface area (Å²) in [5.41, 5.74) is 3.85. The van der Waals surface area contributed by atoms with E-state index in [4.69, 9.17) is 12.2 Å². The summed E-state index contributed by atoms with van der Waals surface area (Å²) in [6.45, 7) is 4.94. The van der Waals surface area contributed by atoms with Gasteiger partial charge in [0.05, 0.1) is 6.33 Å². The Bertz CT molecular complexity index is 615. The van der Waals surface area contributed by atoms with Crippen molar-refractivity contribution >= 4 is 17.3 Å². The van der Waals surface area contributed by atoms with Crippen molar-refractivity contribution < 1.29 is 0 Å². The summed E-state index contributed by atoms with van der Waals surface area (Å²) in [7, 11) is 0. The van der Waals surface area contributed by atoms with Gasteiger partial charge in [0.15, 0.2) is 5.11 Å². The molecule has 2 aromatic rings. The number of nitrogens with zero attached hydrogens (tertiary/aromatic N) is 2. The monoisotopic (exact) mass is 314 g/mol. The number of hydrogen-bond acceptors (Lipinski definition) is 2. The van der Waals surface area contributed by atoms with E-state index in [1.54, 1.807) is 6.33 Å². The quantitative estimate of drug-likeness (QED) is 0.855. The summed E-state index contributed by atoms with van der Waals surface area (Å²) in [6.07, 6.45) is 5.94. The Morgan fingerprint density at radius 3 is 2.82 bits per heavy atom. The smallest absolute Gasteiger partial charge is 0.169 e. The van der Waals surface area contributed by atoms with Crippen LogP contribution in [-0.4, -0.2) is 33.1 Å². The number of aromatic amines is 1. The molecule has 1 aliphatic heterocycles. The minimum Gasteiger partial charge on any atom is -0.358 e. The first-order chi connectivity index (χ1) is 10.7.